The molecule has 114 valence electrons. The summed E-state index contributed by atoms with van der Waals surface area (Å²) < 4.78 is 0. The van der Waals surface area contributed by atoms with Crippen LogP contribution in [0, 0.1) is 0 Å². The lowest BCUT2D eigenvalue weighted by Crippen LogP contribution is -2.49. The van der Waals surface area contributed by atoms with Crippen LogP contribution >= 0.6 is 35.8 Å². The molecule has 3 nitrogen and oxygen atoms in total. The van der Waals surface area contributed by atoms with E-state index in [0.717, 1.165) is 17.7 Å². The molecule has 0 saturated heterocycles. The average molecular weight is 337 g/mol. The molecule has 1 aromatic rings. The van der Waals surface area contributed by atoms with Gasteiger partial charge in [-0.25, -0.2) is 0 Å². The van der Waals surface area contributed by atoms with Gasteiger partial charge in [-0.1, -0.05) is 37.6 Å². The van der Waals surface area contributed by atoms with Crippen molar-refractivity contribution < 1.29 is 4.79 Å². The molecule has 0 aliphatic carbocycles. The van der Waals surface area contributed by atoms with Crippen molar-refractivity contribution in [2.45, 2.75) is 37.1 Å². The Morgan fingerprint density at radius 2 is 1.95 bits per heavy atom. The molecule has 0 atom stereocenters. The maximum atomic E-state index is 11.8. The van der Waals surface area contributed by atoms with Crippen molar-refractivity contribution in [3.8, 4) is 0 Å². The molecule has 1 aromatic carbocycles. The highest BCUT2D eigenvalue weighted by Crippen LogP contribution is 2.26. The molecule has 0 aliphatic heterocycles. The minimum Gasteiger partial charge on any atom is -0.354 e. The number of rotatable bonds is 7. The third-order valence-electron chi connectivity index (χ3n) is 3.24. The van der Waals surface area contributed by atoms with Crippen LogP contribution < -0.4 is 11.1 Å². The van der Waals surface area contributed by atoms with Gasteiger partial charge in [0.1, 0.15) is 0 Å². The quantitative estimate of drug-likeness (QED) is 0.749. The molecule has 0 heterocycles. The van der Waals surface area contributed by atoms with Crippen LogP contribution in [0.5, 0.6) is 0 Å². The lowest BCUT2D eigenvalue weighted by Gasteiger charge is -2.26. The monoisotopic (exact) mass is 336 g/mol. The van der Waals surface area contributed by atoms with Crippen molar-refractivity contribution in [1.29, 1.82) is 0 Å². The molecule has 0 unspecified atom stereocenters. The number of carbonyl (C=O) groups is 1. The minimum atomic E-state index is -0.301. The van der Waals surface area contributed by atoms with Crippen molar-refractivity contribution in [1.82, 2.24) is 5.32 Å². The van der Waals surface area contributed by atoms with Gasteiger partial charge in [-0.15, -0.1) is 24.2 Å². The molecule has 6 heteroatoms. The molecule has 0 bridgehead atoms. The van der Waals surface area contributed by atoms with Crippen LogP contribution in [0.4, 0.5) is 0 Å². The van der Waals surface area contributed by atoms with Crippen LogP contribution in [-0.2, 0) is 4.79 Å². The predicted molar refractivity (Wildman–Crippen MR) is 89.9 cm³/mol. The zero-order valence-electron chi connectivity index (χ0n) is 11.8. The highest BCUT2D eigenvalue weighted by molar-refractivity contribution is 8.00. The Morgan fingerprint density at radius 1 is 1.35 bits per heavy atom. The van der Waals surface area contributed by atoms with Crippen molar-refractivity contribution in [3.63, 3.8) is 0 Å². The summed E-state index contributed by atoms with van der Waals surface area (Å²) in [4.78, 5) is 12.7. The van der Waals surface area contributed by atoms with E-state index in [4.69, 9.17) is 17.3 Å². The van der Waals surface area contributed by atoms with E-state index in [1.54, 1.807) is 0 Å². The highest BCUT2D eigenvalue weighted by atomic mass is 35.5. The van der Waals surface area contributed by atoms with Gasteiger partial charge in [0.15, 0.2) is 0 Å². The van der Waals surface area contributed by atoms with E-state index >= 15 is 0 Å². The topological polar surface area (TPSA) is 55.1 Å². The third-order valence-corrected chi connectivity index (χ3v) is 4.76. The van der Waals surface area contributed by atoms with Crippen molar-refractivity contribution in [2.24, 2.45) is 5.73 Å². The molecule has 3 N–H and O–H groups in total. The van der Waals surface area contributed by atoms with E-state index in [2.05, 4.69) is 5.32 Å². The van der Waals surface area contributed by atoms with E-state index in [0.29, 0.717) is 17.3 Å². The number of nitrogens with two attached hydrogens (primary N) is 1. The van der Waals surface area contributed by atoms with Crippen LogP contribution in [-0.4, -0.2) is 23.7 Å². The average Bonchev–Trinajstić information content (AvgIpc) is 2.44. The van der Waals surface area contributed by atoms with Gasteiger partial charge in [0.25, 0.3) is 0 Å². The second-order valence-electron chi connectivity index (χ2n) is 4.57. The molecule has 0 fully saturated rings. The van der Waals surface area contributed by atoms with Gasteiger partial charge in [-0.05, 0) is 25.0 Å². The Kier molecular flexibility index (Phi) is 9.30. The van der Waals surface area contributed by atoms with E-state index in [9.17, 15) is 4.79 Å². The zero-order valence-corrected chi connectivity index (χ0v) is 14.2. The molecular weight excluding hydrogens is 315 g/mol. The van der Waals surface area contributed by atoms with Crippen molar-refractivity contribution in [3.05, 3.63) is 29.3 Å². The van der Waals surface area contributed by atoms with Gasteiger partial charge in [-0.3, -0.25) is 4.79 Å². The van der Waals surface area contributed by atoms with Crippen LogP contribution in [0.1, 0.15) is 26.7 Å². The SMILES string of the molecule is CCC(N)(CC)CNC(=O)CSc1ccccc1Cl.Cl. The lowest BCUT2D eigenvalue weighted by molar-refractivity contribution is -0.118. The number of carbonyl (C=O) groups excluding carboxylic acids is 1. The fraction of sp³-hybridized carbons (Fsp3) is 0.500. The number of hydrogen-bond acceptors (Lipinski definition) is 3. The van der Waals surface area contributed by atoms with Gasteiger partial charge in [0, 0.05) is 17.0 Å². The van der Waals surface area contributed by atoms with E-state index in [1.165, 1.54) is 11.8 Å². The van der Waals surface area contributed by atoms with E-state index in [-0.39, 0.29) is 23.9 Å². The third kappa shape index (κ3) is 6.35. The first kappa shape index (κ1) is 19.6. The first-order valence-electron chi connectivity index (χ1n) is 6.43. The number of nitrogens with one attached hydrogen (secondary N) is 1. The summed E-state index contributed by atoms with van der Waals surface area (Å²) in [6.07, 6.45) is 1.70. The Hall–Kier alpha value is -0.420. The second kappa shape index (κ2) is 9.50. The molecule has 0 aromatic heterocycles. The summed E-state index contributed by atoms with van der Waals surface area (Å²) >= 11 is 7.47. The summed E-state index contributed by atoms with van der Waals surface area (Å²) in [5.74, 6) is 0.342. The highest BCUT2D eigenvalue weighted by Gasteiger charge is 2.20. The van der Waals surface area contributed by atoms with Crippen molar-refractivity contribution in [2.75, 3.05) is 12.3 Å². The summed E-state index contributed by atoms with van der Waals surface area (Å²) in [6.45, 7) is 4.59. The summed E-state index contributed by atoms with van der Waals surface area (Å²) in [7, 11) is 0. The van der Waals surface area contributed by atoms with Gasteiger partial charge in [-0.2, -0.15) is 0 Å². The molecular formula is C14H22Cl2N2OS. The maximum Gasteiger partial charge on any atom is 0.230 e. The van der Waals surface area contributed by atoms with Crippen molar-refractivity contribution >= 4 is 41.7 Å². The fourth-order valence-corrected chi connectivity index (χ4v) is 2.60. The van der Waals surface area contributed by atoms with Gasteiger partial charge < -0.3 is 11.1 Å². The largest absolute Gasteiger partial charge is 0.354 e. The van der Waals surface area contributed by atoms with Gasteiger partial charge >= 0.3 is 0 Å². The molecule has 1 rings (SSSR count). The first-order valence-corrected chi connectivity index (χ1v) is 7.80. The van der Waals surface area contributed by atoms with E-state index in [1.807, 2.05) is 38.1 Å². The summed E-state index contributed by atoms with van der Waals surface area (Å²) in [5, 5.41) is 3.56. The Labute approximate surface area is 136 Å². The number of amides is 1. The van der Waals surface area contributed by atoms with E-state index < -0.39 is 0 Å². The smallest absolute Gasteiger partial charge is 0.230 e. The Bertz CT molecular complexity index is 425. The molecule has 1 amide bonds. The molecule has 0 spiro atoms. The lowest BCUT2D eigenvalue weighted by atomic mass is 9.94. The standard InChI is InChI=1S/C14H21ClN2OS.ClH/c1-3-14(16,4-2)10-17-13(18)9-19-12-8-6-5-7-11(12)15;/h5-8H,3-4,9-10,16H2,1-2H3,(H,17,18);1H. The minimum absolute atomic E-state index is 0. The summed E-state index contributed by atoms with van der Waals surface area (Å²) in [5.41, 5.74) is 5.83. The molecule has 20 heavy (non-hydrogen) atoms. The van der Waals surface area contributed by atoms with Gasteiger partial charge in [0.05, 0.1) is 10.8 Å². The maximum absolute atomic E-state index is 11.8. The normalized spacial score (nSPS) is 10.8. The fourth-order valence-electron chi connectivity index (χ4n) is 1.53. The first-order chi connectivity index (χ1) is 9.00. The zero-order chi connectivity index (χ0) is 14.3. The Morgan fingerprint density at radius 3 is 2.50 bits per heavy atom. The van der Waals surface area contributed by atoms with Gasteiger partial charge in [0.2, 0.25) is 5.91 Å². The molecule has 0 aliphatic rings. The number of halogens is 2. The molecule has 0 radical (unpaired) electrons. The van der Waals surface area contributed by atoms with Crippen LogP contribution in [0.3, 0.4) is 0 Å². The number of thioether (sulfide) groups is 1. The van der Waals surface area contributed by atoms with Crippen LogP contribution in [0.25, 0.3) is 0 Å². The number of benzene rings is 1. The summed E-state index contributed by atoms with van der Waals surface area (Å²) in [6, 6.07) is 7.51. The second-order valence-corrected chi connectivity index (χ2v) is 5.99. The number of hydrogen-bond donors (Lipinski definition) is 2. The van der Waals surface area contributed by atoms with Crippen LogP contribution in [0.2, 0.25) is 5.02 Å². The Balaban J connectivity index is 0.00000361. The van der Waals surface area contributed by atoms with Crippen LogP contribution in [0.15, 0.2) is 29.2 Å². The molecule has 0 saturated carbocycles. The predicted octanol–water partition coefficient (Wildman–Crippen LogP) is 3.49.